The second-order valence-electron chi connectivity index (χ2n) is 4.84. The number of aryl methyl sites for hydroxylation is 2. The van der Waals surface area contributed by atoms with Gasteiger partial charge in [0, 0.05) is 25.0 Å². The van der Waals surface area contributed by atoms with E-state index in [0.29, 0.717) is 5.82 Å². The summed E-state index contributed by atoms with van der Waals surface area (Å²) in [5, 5.41) is 4.55. The number of pyridine rings is 1. The molecular formula is C16H16N4. The van der Waals surface area contributed by atoms with Gasteiger partial charge in [0.2, 0.25) is 0 Å². The van der Waals surface area contributed by atoms with Gasteiger partial charge < -0.3 is 5.73 Å². The van der Waals surface area contributed by atoms with Crippen LogP contribution in [0.3, 0.4) is 0 Å². The standard InChI is InChI=1S/C16H16N4/c1-11-4-3-5-13(10-11)14-15(19-20(2)16(14)17)12-6-8-18-9-7-12/h3-10H,17H2,1-2H3. The molecule has 0 saturated heterocycles. The van der Waals surface area contributed by atoms with Gasteiger partial charge in [0.05, 0.1) is 5.56 Å². The minimum absolute atomic E-state index is 0.669. The van der Waals surface area contributed by atoms with E-state index in [2.05, 4.69) is 35.2 Å². The van der Waals surface area contributed by atoms with Gasteiger partial charge in [-0.2, -0.15) is 5.10 Å². The van der Waals surface area contributed by atoms with E-state index in [1.807, 2.05) is 25.2 Å². The summed E-state index contributed by atoms with van der Waals surface area (Å²) in [5.74, 6) is 0.669. The summed E-state index contributed by atoms with van der Waals surface area (Å²) in [6, 6.07) is 12.2. The highest BCUT2D eigenvalue weighted by Crippen LogP contribution is 2.35. The number of anilines is 1. The van der Waals surface area contributed by atoms with Gasteiger partial charge in [-0.15, -0.1) is 0 Å². The summed E-state index contributed by atoms with van der Waals surface area (Å²) in [6.45, 7) is 2.07. The van der Waals surface area contributed by atoms with E-state index in [1.165, 1.54) is 5.56 Å². The van der Waals surface area contributed by atoms with E-state index in [1.54, 1.807) is 17.1 Å². The first kappa shape index (κ1) is 12.4. The van der Waals surface area contributed by atoms with Gasteiger partial charge in [0.1, 0.15) is 11.5 Å². The number of nitrogen functional groups attached to an aromatic ring is 1. The highest BCUT2D eigenvalue weighted by Gasteiger charge is 2.17. The molecule has 2 heterocycles. The molecule has 0 aliphatic rings. The smallest absolute Gasteiger partial charge is 0.129 e. The molecule has 0 atom stereocenters. The predicted molar refractivity (Wildman–Crippen MR) is 81.0 cm³/mol. The van der Waals surface area contributed by atoms with Crippen LogP contribution in [0.15, 0.2) is 48.8 Å². The lowest BCUT2D eigenvalue weighted by molar-refractivity contribution is 0.782. The number of rotatable bonds is 2. The monoisotopic (exact) mass is 264 g/mol. The van der Waals surface area contributed by atoms with Crippen molar-refractivity contribution >= 4 is 5.82 Å². The number of nitrogens with zero attached hydrogens (tertiary/aromatic N) is 3. The lowest BCUT2D eigenvalue weighted by Crippen LogP contribution is -1.98. The van der Waals surface area contributed by atoms with E-state index < -0.39 is 0 Å². The van der Waals surface area contributed by atoms with Crippen LogP contribution in [0, 0.1) is 6.92 Å². The van der Waals surface area contributed by atoms with Crippen molar-refractivity contribution in [1.29, 1.82) is 0 Å². The first-order chi connectivity index (χ1) is 9.66. The zero-order chi connectivity index (χ0) is 14.1. The van der Waals surface area contributed by atoms with E-state index in [0.717, 1.165) is 22.4 Å². The molecule has 0 radical (unpaired) electrons. The molecule has 20 heavy (non-hydrogen) atoms. The van der Waals surface area contributed by atoms with Crippen molar-refractivity contribution in [2.24, 2.45) is 7.05 Å². The van der Waals surface area contributed by atoms with Crippen LogP contribution in [0.25, 0.3) is 22.4 Å². The molecular weight excluding hydrogens is 248 g/mol. The fourth-order valence-corrected chi connectivity index (χ4v) is 2.33. The van der Waals surface area contributed by atoms with Crippen molar-refractivity contribution in [2.45, 2.75) is 6.92 Å². The van der Waals surface area contributed by atoms with Gasteiger partial charge >= 0.3 is 0 Å². The third kappa shape index (κ3) is 2.05. The van der Waals surface area contributed by atoms with Crippen LogP contribution in [0.4, 0.5) is 5.82 Å². The highest BCUT2D eigenvalue weighted by molar-refractivity contribution is 5.88. The number of hydrogen-bond donors (Lipinski definition) is 1. The Labute approximate surface area is 117 Å². The molecule has 0 fully saturated rings. The maximum atomic E-state index is 6.21. The van der Waals surface area contributed by atoms with E-state index in [4.69, 9.17) is 5.73 Å². The number of benzene rings is 1. The first-order valence-electron chi connectivity index (χ1n) is 6.46. The minimum Gasteiger partial charge on any atom is -0.383 e. The molecule has 3 aromatic rings. The summed E-state index contributed by atoms with van der Waals surface area (Å²) in [7, 11) is 1.86. The zero-order valence-corrected chi connectivity index (χ0v) is 11.5. The third-order valence-electron chi connectivity index (χ3n) is 3.35. The Kier molecular flexibility index (Phi) is 2.99. The normalized spacial score (nSPS) is 10.7. The molecule has 2 aromatic heterocycles. The van der Waals surface area contributed by atoms with Crippen LogP contribution in [-0.2, 0) is 7.05 Å². The Bertz CT molecular complexity index is 744. The number of aromatic nitrogens is 3. The molecule has 3 rings (SSSR count). The average molecular weight is 264 g/mol. The lowest BCUT2D eigenvalue weighted by Gasteiger charge is -2.05. The fraction of sp³-hybridized carbons (Fsp3) is 0.125. The molecule has 0 aliphatic heterocycles. The van der Waals surface area contributed by atoms with Crippen LogP contribution < -0.4 is 5.73 Å². The Morgan fingerprint density at radius 2 is 1.80 bits per heavy atom. The SMILES string of the molecule is Cc1cccc(-c2c(-c3ccncc3)nn(C)c2N)c1. The van der Waals surface area contributed by atoms with Crippen LogP contribution in [-0.4, -0.2) is 14.8 Å². The molecule has 0 unspecified atom stereocenters. The molecule has 100 valence electrons. The van der Waals surface area contributed by atoms with Gasteiger partial charge in [-0.05, 0) is 24.6 Å². The second-order valence-corrected chi connectivity index (χ2v) is 4.84. The van der Waals surface area contributed by atoms with Crippen LogP contribution in [0.2, 0.25) is 0 Å². The van der Waals surface area contributed by atoms with E-state index in [-0.39, 0.29) is 0 Å². The summed E-state index contributed by atoms with van der Waals surface area (Å²) in [4.78, 5) is 4.05. The predicted octanol–water partition coefficient (Wildman–Crippen LogP) is 3.04. The molecule has 1 aromatic carbocycles. The molecule has 0 amide bonds. The molecule has 0 saturated carbocycles. The van der Waals surface area contributed by atoms with Gasteiger partial charge in [-0.25, -0.2) is 0 Å². The summed E-state index contributed by atoms with van der Waals surface area (Å²) in [6.07, 6.45) is 3.53. The Balaban J connectivity index is 2.25. The number of hydrogen-bond acceptors (Lipinski definition) is 3. The van der Waals surface area contributed by atoms with Crippen molar-refractivity contribution in [3.63, 3.8) is 0 Å². The Morgan fingerprint density at radius 3 is 2.50 bits per heavy atom. The first-order valence-corrected chi connectivity index (χ1v) is 6.46. The largest absolute Gasteiger partial charge is 0.383 e. The average Bonchev–Trinajstić information content (AvgIpc) is 2.76. The van der Waals surface area contributed by atoms with Gasteiger partial charge in [0.15, 0.2) is 0 Å². The van der Waals surface area contributed by atoms with Gasteiger partial charge in [-0.3, -0.25) is 9.67 Å². The summed E-state index contributed by atoms with van der Waals surface area (Å²) >= 11 is 0. The van der Waals surface area contributed by atoms with Crippen molar-refractivity contribution in [2.75, 3.05) is 5.73 Å². The summed E-state index contributed by atoms with van der Waals surface area (Å²) < 4.78 is 1.72. The zero-order valence-electron chi connectivity index (χ0n) is 11.5. The molecule has 4 nitrogen and oxygen atoms in total. The topological polar surface area (TPSA) is 56.7 Å². The summed E-state index contributed by atoms with van der Waals surface area (Å²) in [5.41, 5.74) is 11.4. The molecule has 4 heteroatoms. The van der Waals surface area contributed by atoms with Crippen LogP contribution in [0.1, 0.15) is 5.56 Å². The number of nitrogens with two attached hydrogens (primary N) is 1. The fourth-order valence-electron chi connectivity index (χ4n) is 2.33. The Hall–Kier alpha value is -2.62. The molecule has 2 N–H and O–H groups in total. The van der Waals surface area contributed by atoms with E-state index in [9.17, 15) is 0 Å². The minimum atomic E-state index is 0.669. The maximum Gasteiger partial charge on any atom is 0.129 e. The van der Waals surface area contributed by atoms with Crippen LogP contribution in [0.5, 0.6) is 0 Å². The molecule has 0 bridgehead atoms. The quantitative estimate of drug-likeness (QED) is 0.774. The van der Waals surface area contributed by atoms with Crippen LogP contribution >= 0.6 is 0 Å². The molecule has 0 aliphatic carbocycles. The Morgan fingerprint density at radius 1 is 1.05 bits per heavy atom. The maximum absolute atomic E-state index is 6.21. The van der Waals surface area contributed by atoms with Crippen molar-refractivity contribution < 1.29 is 0 Å². The van der Waals surface area contributed by atoms with Crippen molar-refractivity contribution in [1.82, 2.24) is 14.8 Å². The lowest BCUT2D eigenvalue weighted by atomic mass is 10.00. The van der Waals surface area contributed by atoms with E-state index >= 15 is 0 Å². The third-order valence-corrected chi connectivity index (χ3v) is 3.35. The highest BCUT2D eigenvalue weighted by atomic mass is 15.3. The molecule has 0 spiro atoms. The van der Waals surface area contributed by atoms with Crippen molar-refractivity contribution in [3.8, 4) is 22.4 Å². The van der Waals surface area contributed by atoms with Gasteiger partial charge in [-0.1, -0.05) is 29.8 Å². The van der Waals surface area contributed by atoms with Gasteiger partial charge in [0.25, 0.3) is 0 Å². The second kappa shape index (κ2) is 4.81. The van der Waals surface area contributed by atoms with Crippen molar-refractivity contribution in [3.05, 3.63) is 54.4 Å².